The van der Waals surface area contributed by atoms with Gasteiger partial charge in [0.2, 0.25) is 5.75 Å². The molecule has 1 saturated heterocycles. The van der Waals surface area contributed by atoms with E-state index in [-0.39, 0.29) is 22.9 Å². The van der Waals surface area contributed by atoms with Gasteiger partial charge in [0.15, 0.2) is 0 Å². The summed E-state index contributed by atoms with van der Waals surface area (Å²) in [4.78, 5) is 13.3. The Labute approximate surface area is 157 Å². The maximum atomic E-state index is 13.0. The number of ether oxygens (including phenoxy) is 1. The van der Waals surface area contributed by atoms with Gasteiger partial charge in [-0.3, -0.25) is 15.0 Å². The van der Waals surface area contributed by atoms with E-state index in [0.717, 1.165) is 25.1 Å². The van der Waals surface area contributed by atoms with Crippen molar-refractivity contribution < 1.29 is 14.1 Å². The molecule has 27 heavy (non-hydrogen) atoms. The number of nitro groups is 1. The summed E-state index contributed by atoms with van der Waals surface area (Å²) in [5.74, 6) is 0.0896. The Hall–Kier alpha value is -2.51. The molecule has 0 aromatic heterocycles. The van der Waals surface area contributed by atoms with Gasteiger partial charge in [-0.15, -0.1) is 0 Å². The molecule has 0 spiro atoms. The molecule has 3 rings (SSSR count). The van der Waals surface area contributed by atoms with Gasteiger partial charge in [0.1, 0.15) is 11.6 Å². The van der Waals surface area contributed by atoms with Crippen molar-refractivity contribution in [3.8, 4) is 11.5 Å². The summed E-state index contributed by atoms with van der Waals surface area (Å²) in [6.07, 6.45) is 0.904. The molecule has 0 bridgehead atoms. The second kappa shape index (κ2) is 7.62. The van der Waals surface area contributed by atoms with Gasteiger partial charge < -0.3 is 10.5 Å². The fourth-order valence-electron chi connectivity index (χ4n) is 3.40. The van der Waals surface area contributed by atoms with E-state index in [0.29, 0.717) is 12.3 Å². The molecule has 0 radical (unpaired) electrons. The zero-order valence-electron chi connectivity index (χ0n) is 15.5. The van der Waals surface area contributed by atoms with E-state index in [1.54, 1.807) is 12.1 Å². The van der Waals surface area contributed by atoms with Crippen molar-refractivity contribution in [1.82, 2.24) is 4.90 Å². The number of likely N-dealkylation sites (tertiary alicyclic amines) is 1. The van der Waals surface area contributed by atoms with Gasteiger partial charge in [-0.1, -0.05) is 19.9 Å². The molecule has 0 amide bonds. The topological polar surface area (TPSA) is 81.6 Å². The van der Waals surface area contributed by atoms with Gasteiger partial charge in [0.25, 0.3) is 0 Å². The molecule has 0 saturated carbocycles. The first kappa shape index (κ1) is 19.3. The second-order valence-corrected chi connectivity index (χ2v) is 7.71. The number of nitro benzene ring substituents is 1. The van der Waals surface area contributed by atoms with E-state index >= 15 is 0 Å². The van der Waals surface area contributed by atoms with Crippen LogP contribution in [-0.2, 0) is 6.54 Å². The SMILES string of the molecule is CC1(C)CN(Cc2ccc(Oc3ccc(F)cc3)c([N+](=O)[O-])c2)CCC1N. The zero-order valence-corrected chi connectivity index (χ0v) is 15.5. The normalized spacial score (nSPS) is 19.6. The van der Waals surface area contributed by atoms with Gasteiger partial charge in [0, 0.05) is 31.7 Å². The smallest absolute Gasteiger partial charge is 0.311 e. The third kappa shape index (κ3) is 4.61. The largest absolute Gasteiger partial charge is 0.450 e. The molecule has 1 unspecified atom stereocenters. The third-order valence-corrected chi connectivity index (χ3v) is 5.06. The third-order valence-electron chi connectivity index (χ3n) is 5.06. The van der Waals surface area contributed by atoms with Crippen LogP contribution in [0.2, 0.25) is 0 Å². The van der Waals surface area contributed by atoms with Crippen LogP contribution in [0.25, 0.3) is 0 Å². The number of rotatable bonds is 5. The fourth-order valence-corrected chi connectivity index (χ4v) is 3.40. The van der Waals surface area contributed by atoms with Crippen LogP contribution in [0.15, 0.2) is 42.5 Å². The van der Waals surface area contributed by atoms with Gasteiger partial charge in [0.05, 0.1) is 4.92 Å². The van der Waals surface area contributed by atoms with E-state index in [1.807, 2.05) is 6.07 Å². The number of halogens is 1. The van der Waals surface area contributed by atoms with Crippen molar-refractivity contribution in [2.24, 2.45) is 11.1 Å². The Bertz CT molecular complexity index is 824. The first-order valence-electron chi connectivity index (χ1n) is 8.93. The van der Waals surface area contributed by atoms with Crippen molar-refractivity contribution in [2.75, 3.05) is 13.1 Å². The quantitative estimate of drug-likeness (QED) is 0.631. The second-order valence-electron chi connectivity index (χ2n) is 7.71. The Morgan fingerprint density at radius 3 is 2.63 bits per heavy atom. The summed E-state index contributed by atoms with van der Waals surface area (Å²) in [7, 11) is 0. The number of hydrogen-bond donors (Lipinski definition) is 1. The van der Waals surface area contributed by atoms with Crippen LogP contribution in [0.4, 0.5) is 10.1 Å². The highest BCUT2D eigenvalue weighted by Crippen LogP contribution is 2.34. The van der Waals surface area contributed by atoms with Gasteiger partial charge in [-0.2, -0.15) is 0 Å². The lowest BCUT2D eigenvalue weighted by molar-refractivity contribution is -0.385. The molecule has 2 aromatic carbocycles. The summed E-state index contributed by atoms with van der Waals surface area (Å²) in [5.41, 5.74) is 6.93. The predicted molar refractivity (Wildman–Crippen MR) is 101 cm³/mol. The summed E-state index contributed by atoms with van der Waals surface area (Å²) in [6.45, 7) is 6.62. The van der Waals surface area contributed by atoms with Gasteiger partial charge in [-0.25, -0.2) is 4.39 Å². The molecule has 7 heteroatoms. The highest BCUT2D eigenvalue weighted by molar-refractivity contribution is 5.50. The predicted octanol–water partition coefficient (Wildman–Crippen LogP) is 4.09. The number of nitrogens with two attached hydrogens (primary N) is 1. The van der Waals surface area contributed by atoms with Gasteiger partial charge in [-0.05, 0) is 47.7 Å². The Morgan fingerprint density at radius 2 is 2.00 bits per heavy atom. The van der Waals surface area contributed by atoms with E-state index in [4.69, 9.17) is 10.5 Å². The van der Waals surface area contributed by atoms with Crippen molar-refractivity contribution in [3.63, 3.8) is 0 Å². The van der Waals surface area contributed by atoms with Crippen LogP contribution in [0.3, 0.4) is 0 Å². The molecular weight excluding hydrogens is 349 g/mol. The molecule has 2 aromatic rings. The first-order chi connectivity index (χ1) is 12.7. The number of piperidine rings is 1. The zero-order chi connectivity index (χ0) is 19.6. The number of hydrogen-bond acceptors (Lipinski definition) is 5. The molecular formula is C20H24FN3O3. The van der Waals surface area contributed by atoms with Crippen LogP contribution in [0.5, 0.6) is 11.5 Å². The standard InChI is InChI=1S/C20H24FN3O3/c1-20(2)13-23(10-9-19(20)22)12-14-3-8-18(17(11-14)24(25)26)27-16-6-4-15(21)5-7-16/h3-8,11,19H,9-10,12-13,22H2,1-2H3. The number of nitrogens with zero attached hydrogens (tertiary/aromatic N) is 2. The summed E-state index contributed by atoms with van der Waals surface area (Å²) in [5, 5.41) is 11.5. The average Bonchev–Trinajstić information content (AvgIpc) is 2.61. The van der Waals surface area contributed by atoms with Gasteiger partial charge >= 0.3 is 5.69 Å². The lowest BCUT2D eigenvalue weighted by Crippen LogP contribution is -2.52. The number of benzene rings is 2. The van der Waals surface area contributed by atoms with Crippen LogP contribution >= 0.6 is 0 Å². The summed E-state index contributed by atoms with van der Waals surface area (Å²) < 4.78 is 18.6. The summed E-state index contributed by atoms with van der Waals surface area (Å²) in [6, 6.07) is 10.5. The first-order valence-corrected chi connectivity index (χ1v) is 8.93. The molecule has 1 aliphatic heterocycles. The van der Waals surface area contributed by atoms with E-state index in [2.05, 4.69) is 18.7 Å². The minimum absolute atomic E-state index is 0.00974. The Balaban J connectivity index is 1.77. The lowest BCUT2D eigenvalue weighted by Gasteiger charge is -2.42. The molecule has 1 heterocycles. The molecule has 1 atom stereocenters. The monoisotopic (exact) mass is 373 g/mol. The molecule has 0 aliphatic carbocycles. The maximum Gasteiger partial charge on any atom is 0.311 e. The van der Waals surface area contributed by atoms with Crippen LogP contribution in [0.1, 0.15) is 25.8 Å². The molecule has 6 nitrogen and oxygen atoms in total. The van der Waals surface area contributed by atoms with Crippen molar-refractivity contribution in [3.05, 3.63) is 64.0 Å². The highest BCUT2D eigenvalue weighted by Gasteiger charge is 2.33. The van der Waals surface area contributed by atoms with Crippen molar-refractivity contribution in [1.29, 1.82) is 0 Å². The van der Waals surface area contributed by atoms with E-state index in [9.17, 15) is 14.5 Å². The lowest BCUT2D eigenvalue weighted by atomic mass is 9.79. The maximum absolute atomic E-state index is 13.0. The average molecular weight is 373 g/mol. The molecule has 1 aliphatic rings. The minimum atomic E-state index is -0.460. The minimum Gasteiger partial charge on any atom is -0.450 e. The highest BCUT2D eigenvalue weighted by atomic mass is 19.1. The fraction of sp³-hybridized carbons (Fsp3) is 0.400. The van der Waals surface area contributed by atoms with E-state index in [1.165, 1.54) is 24.3 Å². The van der Waals surface area contributed by atoms with E-state index < -0.39 is 10.7 Å². The Kier molecular flexibility index (Phi) is 5.43. The summed E-state index contributed by atoms with van der Waals surface area (Å²) >= 11 is 0. The van der Waals surface area contributed by atoms with Crippen LogP contribution < -0.4 is 10.5 Å². The van der Waals surface area contributed by atoms with Crippen LogP contribution in [-0.4, -0.2) is 29.0 Å². The molecule has 144 valence electrons. The molecule has 2 N–H and O–H groups in total. The Morgan fingerprint density at radius 1 is 1.30 bits per heavy atom. The van der Waals surface area contributed by atoms with Crippen LogP contribution in [0, 0.1) is 21.3 Å². The van der Waals surface area contributed by atoms with Crippen molar-refractivity contribution in [2.45, 2.75) is 32.9 Å². The molecule has 1 fully saturated rings. The van der Waals surface area contributed by atoms with Crippen molar-refractivity contribution >= 4 is 5.69 Å².